The van der Waals surface area contributed by atoms with E-state index in [1.807, 2.05) is 60.7 Å². The molecule has 7 heteroatoms. The van der Waals surface area contributed by atoms with Crippen LogP contribution in [-0.4, -0.2) is 15.3 Å². The summed E-state index contributed by atoms with van der Waals surface area (Å²) in [5.74, 6) is 0.368. The SMILES string of the molecule is Cc1c(NC(=O)c2occc2CSc2ccccc2)c(=O)n(-c2ccccc2)n1C. The Labute approximate surface area is 178 Å². The predicted molar refractivity (Wildman–Crippen MR) is 118 cm³/mol. The molecule has 4 rings (SSSR count). The summed E-state index contributed by atoms with van der Waals surface area (Å²) in [4.78, 5) is 27.0. The van der Waals surface area contributed by atoms with Gasteiger partial charge in [0.05, 0.1) is 17.6 Å². The molecule has 0 saturated heterocycles. The lowest BCUT2D eigenvalue weighted by Gasteiger charge is -2.07. The van der Waals surface area contributed by atoms with Gasteiger partial charge >= 0.3 is 0 Å². The second-order valence-corrected chi connectivity index (χ2v) is 7.82. The van der Waals surface area contributed by atoms with E-state index in [2.05, 4.69) is 5.32 Å². The van der Waals surface area contributed by atoms with E-state index in [1.54, 1.807) is 36.5 Å². The van der Waals surface area contributed by atoms with Crippen LogP contribution in [0.4, 0.5) is 5.69 Å². The topological polar surface area (TPSA) is 69.2 Å². The molecule has 0 unspecified atom stereocenters. The molecule has 0 atom stereocenters. The van der Waals surface area contributed by atoms with E-state index in [9.17, 15) is 9.59 Å². The monoisotopic (exact) mass is 419 g/mol. The van der Waals surface area contributed by atoms with Crippen LogP contribution in [0.15, 0.2) is 87.1 Å². The quantitative estimate of drug-likeness (QED) is 0.463. The highest BCUT2D eigenvalue weighted by Gasteiger charge is 2.22. The normalized spacial score (nSPS) is 10.9. The molecule has 0 spiro atoms. The van der Waals surface area contributed by atoms with Gasteiger partial charge in [-0.1, -0.05) is 36.4 Å². The Morgan fingerprint density at radius 3 is 2.40 bits per heavy atom. The van der Waals surface area contributed by atoms with Crippen molar-refractivity contribution in [2.45, 2.75) is 17.6 Å². The number of aromatic nitrogens is 2. The fourth-order valence-corrected chi connectivity index (χ4v) is 4.11. The molecule has 0 aliphatic carbocycles. The summed E-state index contributed by atoms with van der Waals surface area (Å²) in [6.45, 7) is 1.80. The first kappa shape index (κ1) is 19.8. The molecule has 2 heterocycles. The van der Waals surface area contributed by atoms with Gasteiger partial charge in [0, 0.05) is 23.3 Å². The number of nitrogens with zero attached hydrogens (tertiary/aromatic N) is 2. The van der Waals surface area contributed by atoms with E-state index in [1.165, 1.54) is 10.9 Å². The van der Waals surface area contributed by atoms with Crippen LogP contribution in [0.25, 0.3) is 5.69 Å². The third-order valence-corrected chi connectivity index (χ3v) is 5.94. The molecule has 2 aromatic carbocycles. The molecule has 1 N–H and O–H groups in total. The highest BCUT2D eigenvalue weighted by atomic mass is 32.2. The lowest BCUT2D eigenvalue weighted by Crippen LogP contribution is -2.23. The molecule has 6 nitrogen and oxygen atoms in total. The Balaban J connectivity index is 1.57. The van der Waals surface area contributed by atoms with Crippen molar-refractivity contribution < 1.29 is 9.21 Å². The van der Waals surface area contributed by atoms with Crippen LogP contribution in [0.3, 0.4) is 0 Å². The van der Waals surface area contributed by atoms with Crippen molar-refractivity contribution in [3.05, 3.63) is 100 Å². The number of hydrogen-bond donors (Lipinski definition) is 1. The Hall–Kier alpha value is -3.45. The van der Waals surface area contributed by atoms with Crippen molar-refractivity contribution in [2.75, 3.05) is 5.32 Å². The van der Waals surface area contributed by atoms with Gasteiger partial charge < -0.3 is 9.73 Å². The third-order valence-electron chi connectivity index (χ3n) is 4.88. The minimum absolute atomic E-state index is 0.215. The second-order valence-electron chi connectivity index (χ2n) is 6.77. The predicted octanol–water partition coefficient (Wildman–Crippen LogP) is 4.62. The number of benzene rings is 2. The van der Waals surface area contributed by atoms with Crippen molar-refractivity contribution in [3.63, 3.8) is 0 Å². The van der Waals surface area contributed by atoms with Gasteiger partial charge in [-0.3, -0.25) is 14.3 Å². The first-order chi connectivity index (χ1) is 14.6. The largest absolute Gasteiger partial charge is 0.459 e. The summed E-state index contributed by atoms with van der Waals surface area (Å²) in [6.07, 6.45) is 1.50. The number of rotatable bonds is 6. The van der Waals surface area contributed by atoms with Crippen LogP contribution in [0.2, 0.25) is 0 Å². The Bertz CT molecular complexity index is 1220. The molecule has 152 valence electrons. The molecule has 0 radical (unpaired) electrons. The van der Waals surface area contributed by atoms with Gasteiger partial charge in [-0.05, 0) is 37.3 Å². The van der Waals surface area contributed by atoms with Crippen LogP contribution in [0, 0.1) is 6.92 Å². The summed E-state index contributed by atoms with van der Waals surface area (Å²) in [5.41, 5.74) is 2.11. The van der Waals surface area contributed by atoms with Crippen molar-refractivity contribution in [3.8, 4) is 5.69 Å². The fraction of sp³-hybridized carbons (Fsp3) is 0.130. The number of hydrogen-bond acceptors (Lipinski definition) is 4. The Morgan fingerprint density at radius 1 is 1.03 bits per heavy atom. The highest BCUT2D eigenvalue weighted by Crippen LogP contribution is 2.25. The first-order valence-electron chi connectivity index (χ1n) is 9.46. The zero-order valence-electron chi connectivity index (χ0n) is 16.7. The van der Waals surface area contributed by atoms with E-state index in [4.69, 9.17) is 4.42 Å². The summed E-state index contributed by atoms with van der Waals surface area (Å²) in [6, 6.07) is 21.0. The maximum atomic E-state index is 13.0. The third kappa shape index (κ3) is 3.84. The van der Waals surface area contributed by atoms with Crippen LogP contribution >= 0.6 is 11.8 Å². The van der Waals surface area contributed by atoms with Crippen molar-refractivity contribution in [2.24, 2.45) is 7.05 Å². The number of amides is 1. The van der Waals surface area contributed by atoms with Crippen LogP contribution < -0.4 is 10.9 Å². The van der Waals surface area contributed by atoms with E-state index in [0.717, 1.165) is 16.1 Å². The van der Waals surface area contributed by atoms with Crippen molar-refractivity contribution >= 4 is 23.4 Å². The van der Waals surface area contributed by atoms with Gasteiger partial charge in [0.25, 0.3) is 11.5 Å². The van der Waals surface area contributed by atoms with Crippen LogP contribution in [0.5, 0.6) is 0 Å². The molecule has 2 aromatic heterocycles. The maximum absolute atomic E-state index is 13.0. The molecule has 0 bridgehead atoms. The fourth-order valence-electron chi connectivity index (χ4n) is 3.21. The number of para-hydroxylation sites is 1. The summed E-state index contributed by atoms with van der Waals surface area (Å²) in [7, 11) is 1.79. The molecule has 0 fully saturated rings. The molecule has 4 aromatic rings. The average Bonchev–Trinajstić information content (AvgIpc) is 3.32. The summed E-state index contributed by atoms with van der Waals surface area (Å²) in [5, 5.41) is 2.75. The van der Waals surface area contributed by atoms with E-state index < -0.39 is 5.91 Å². The lowest BCUT2D eigenvalue weighted by molar-refractivity contribution is 0.0995. The lowest BCUT2D eigenvalue weighted by atomic mass is 10.2. The van der Waals surface area contributed by atoms with Crippen LogP contribution in [0.1, 0.15) is 21.8 Å². The van der Waals surface area contributed by atoms with E-state index >= 15 is 0 Å². The van der Waals surface area contributed by atoms with E-state index in [0.29, 0.717) is 11.4 Å². The molecule has 0 aliphatic heterocycles. The number of carbonyl (C=O) groups is 1. The van der Waals surface area contributed by atoms with Crippen LogP contribution in [-0.2, 0) is 12.8 Å². The number of anilines is 1. The van der Waals surface area contributed by atoms with Gasteiger partial charge in [0.2, 0.25) is 0 Å². The number of nitrogens with one attached hydrogen (secondary N) is 1. The first-order valence-corrected chi connectivity index (χ1v) is 10.4. The molecular formula is C23H21N3O3S. The Morgan fingerprint density at radius 2 is 1.70 bits per heavy atom. The molecule has 1 amide bonds. The second kappa shape index (κ2) is 8.51. The summed E-state index contributed by atoms with van der Waals surface area (Å²) < 4.78 is 8.70. The Kier molecular flexibility index (Phi) is 5.63. The van der Waals surface area contributed by atoms with Crippen molar-refractivity contribution in [1.29, 1.82) is 0 Å². The summed E-state index contributed by atoms with van der Waals surface area (Å²) >= 11 is 1.62. The van der Waals surface area contributed by atoms with E-state index in [-0.39, 0.29) is 17.0 Å². The van der Waals surface area contributed by atoms with Gasteiger partial charge in [0.1, 0.15) is 5.69 Å². The maximum Gasteiger partial charge on any atom is 0.295 e. The van der Waals surface area contributed by atoms with Gasteiger partial charge in [-0.25, -0.2) is 4.68 Å². The van der Waals surface area contributed by atoms with Gasteiger partial charge in [-0.2, -0.15) is 0 Å². The molecule has 30 heavy (non-hydrogen) atoms. The minimum atomic E-state index is -0.435. The van der Waals surface area contributed by atoms with Gasteiger partial charge in [-0.15, -0.1) is 11.8 Å². The smallest absolute Gasteiger partial charge is 0.295 e. The number of furan rings is 1. The standard InChI is InChI=1S/C23H21N3O3S/c1-16-20(23(28)26(25(16)2)18-9-5-3-6-10-18)24-22(27)21-17(13-14-29-21)15-30-19-11-7-4-8-12-19/h3-14H,15H2,1-2H3,(H,24,27). The average molecular weight is 420 g/mol. The molecule has 0 aliphatic rings. The number of carbonyl (C=O) groups excluding carboxylic acids is 1. The molecular weight excluding hydrogens is 398 g/mol. The highest BCUT2D eigenvalue weighted by molar-refractivity contribution is 7.98. The van der Waals surface area contributed by atoms with Crippen molar-refractivity contribution in [1.82, 2.24) is 9.36 Å². The zero-order valence-corrected chi connectivity index (χ0v) is 17.5. The number of thioether (sulfide) groups is 1. The van der Waals surface area contributed by atoms with Gasteiger partial charge in [0.15, 0.2) is 5.76 Å². The zero-order chi connectivity index (χ0) is 21.1. The molecule has 0 saturated carbocycles. The minimum Gasteiger partial charge on any atom is -0.459 e.